The number of hydrogen-bond acceptors (Lipinski definition) is 5. The zero-order valence-corrected chi connectivity index (χ0v) is 12.6. The molecule has 0 radical (unpaired) electrons. The number of carboxylic acids is 2. The number of nitrogens with one attached hydrogen (secondary N) is 1. The van der Waals surface area contributed by atoms with E-state index in [0.717, 1.165) is 0 Å². The summed E-state index contributed by atoms with van der Waals surface area (Å²) in [6.07, 6.45) is -6.35. The Morgan fingerprint density at radius 3 is 2.08 bits per heavy atom. The minimum atomic E-state index is -5.55. The smallest absolute Gasteiger partial charge is 0.446 e. The molecule has 0 spiro atoms. The van der Waals surface area contributed by atoms with Crippen LogP contribution in [0.3, 0.4) is 0 Å². The van der Waals surface area contributed by atoms with Gasteiger partial charge in [0.2, 0.25) is 11.7 Å². The predicted octanol–water partition coefficient (Wildman–Crippen LogP) is 1.15. The summed E-state index contributed by atoms with van der Waals surface area (Å²) in [7, 11) is 0. The molecule has 0 aromatic rings. The minimum Gasteiger partial charge on any atom is -0.480 e. The van der Waals surface area contributed by atoms with Gasteiger partial charge >= 0.3 is 18.1 Å². The number of halogens is 5. The number of alkyl halides is 3. The van der Waals surface area contributed by atoms with E-state index < -0.39 is 59.3 Å². The number of nitrogens with two attached hydrogens (primary N) is 1. The average Bonchev–Trinajstić information content (AvgIpc) is 2.46. The topological polar surface area (TPSA) is 130 Å². The van der Waals surface area contributed by atoms with Gasteiger partial charge in [0.05, 0.1) is 0 Å². The van der Waals surface area contributed by atoms with Crippen LogP contribution >= 0.6 is 11.8 Å². The van der Waals surface area contributed by atoms with Crippen LogP contribution in [-0.2, 0) is 14.4 Å². The standard InChI is InChI=1S/C11H13F5N2O5S/c12-7(11(14,15)16)8(13)24-3-5(10(22)23)18-6(19)2-1-4(17)9(20)21/h4-5H,1-3,17H2,(H,18,19)(H,20,21)(H,22,23)/b8-7-/t4-,5-/m0/s1. The summed E-state index contributed by atoms with van der Waals surface area (Å²) in [5, 5.41) is 16.9. The predicted molar refractivity (Wildman–Crippen MR) is 72.2 cm³/mol. The van der Waals surface area contributed by atoms with E-state index in [4.69, 9.17) is 15.9 Å². The third kappa shape index (κ3) is 8.10. The molecule has 0 bridgehead atoms. The summed E-state index contributed by atoms with van der Waals surface area (Å²) < 4.78 is 61.2. The first-order valence-corrected chi connectivity index (χ1v) is 7.10. The summed E-state index contributed by atoms with van der Waals surface area (Å²) in [5.74, 6) is -7.96. The van der Waals surface area contributed by atoms with Gasteiger partial charge in [-0.1, -0.05) is 11.8 Å². The largest absolute Gasteiger partial charge is 0.480 e. The molecule has 0 saturated heterocycles. The molecule has 2 atom stereocenters. The fourth-order valence-electron chi connectivity index (χ4n) is 1.18. The molecule has 0 aromatic heterocycles. The lowest BCUT2D eigenvalue weighted by molar-refractivity contribution is -0.141. The Kier molecular flexibility index (Phi) is 8.67. The van der Waals surface area contributed by atoms with E-state index in [1.807, 2.05) is 5.32 Å². The van der Waals surface area contributed by atoms with Crippen molar-refractivity contribution in [2.45, 2.75) is 31.1 Å². The van der Waals surface area contributed by atoms with Crippen LogP contribution < -0.4 is 11.1 Å². The van der Waals surface area contributed by atoms with E-state index in [9.17, 15) is 36.3 Å². The molecule has 0 aliphatic heterocycles. The first kappa shape index (κ1) is 22.1. The number of amides is 1. The lowest BCUT2D eigenvalue weighted by Gasteiger charge is -2.14. The molecule has 0 fully saturated rings. The van der Waals surface area contributed by atoms with Crippen LogP contribution in [-0.4, -0.2) is 52.1 Å². The second kappa shape index (κ2) is 9.42. The van der Waals surface area contributed by atoms with Crippen LogP contribution in [0.4, 0.5) is 22.0 Å². The van der Waals surface area contributed by atoms with Gasteiger partial charge < -0.3 is 21.3 Å². The normalized spacial score (nSPS) is 15.2. The number of rotatable bonds is 9. The van der Waals surface area contributed by atoms with Gasteiger partial charge in [0.1, 0.15) is 12.1 Å². The van der Waals surface area contributed by atoms with Gasteiger partial charge in [-0.2, -0.15) is 22.0 Å². The molecule has 24 heavy (non-hydrogen) atoms. The molecule has 0 aliphatic carbocycles. The van der Waals surface area contributed by atoms with Crippen LogP contribution in [0.15, 0.2) is 11.0 Å². The maximum Gasteiger partial charge on any atom is 0.446 e. The molecule has 0 saturated carbocycles. The number of carbonyl (C=O) groups excluding carboxylic acids is 1. The number of hydrogen-bond donors (Lipinski definition) is 4. The highest BCUT2D eigenvalue weighted by Crippen LogP contribution is 2.34. The van der Waals surface area contributed by atoms with Crippen molar-refractivity contribution in [3.63, 3.8) is 0 Å². The Bertz CT molecular complexity index is 525. The second-order valence-corrected chi connectivity index (χ2v) is 5.32. The molecule has 5 N–H and O–H groups in total. The molecule has 138 valence electrons. The van der Waals surface area contributed by atoms with Crippen LogP contribution in [0.2, 0.25) is 0 Å². The summed E-state index contributed by atoms with van der Waals surface area (Å²) in [4.78, 5) is 32.7. The van der Waals surface area contributed by atoms with E-state index >= 15 is 0 Å². The third-order valence-electron chi connectivity index (χ3n) is 2.43. The molecule has 0 aliphatic rings. The number of allylic oxidation sites excluding steroid dienone is 1. The van der Waals surface area contributed by atoms with Crippen LogP contribution in [0.1, 0.15) is 12.8 Å². The van der Waals surface area contributed by atoms with Crippen LogP contribution in [0.25, 0.3) is 0 Å². The molecule has 0 unspecified atom stereocenters. The molecule has 1 amide bonds. The molecule has 0 rings (SSSR count). The Hall–Kier alpha value is -1.89. The van der Waals surface area contributed by atoms with Crippen molar-refractivity contribution < 1.29 is 46.5 Å². The Morgan fingerprint density at radius 1 is 1.12 bits per heavy atom. The van der Waals surface area contributed by atoms with E-state index in [2.05, 4.69) is 0 Å². The van der Waals surface area contributed by atoms with Crippen LogP contribution in [0.5, 0.6) is 0 Å². The third-order valence-corrected chi connectivity index (χ3v) is 3.36. The van der Waals surface area contributed by atoms with Crippen molar-refractivity contribution in [3.8, 4) is 0 Å². The van der Waals surface area contributed by atoms with Gasteiger partial charge in [-0.05, 0) is 6.42 Å². The first-order valence-electron chi connectivity index (χ1n) is 6.12. The number of carbonyl (C=O) groups is 3. The lowest BCUT2D eigenvalue weighted by Crippen LogP contribution is -2.43. The summed E-state index contributed by atoms with van der Waals surface area (Å²) in [6.45, 7) is 0. The second-order valence-electron chi connectivity index (χ2n) is 4.34. The zero-order chi connectivity index (χ0) is 19.1. The van der Waals surface area contributed by atoms with Crippen molar-refractivity contribution in [1.82, 2.24) is 5.32 Å². The average molecular weight is 380 g/mol. The molecule has 0 heterocycles. The minimum absolute atomic E-state index is 0.322. The van der Waals surface area contributed by atoms with Crippen molar-refractivity contribution in [2.75, 3.05) is 5.75 Å². The fraction of sp³-hybridized carbons (Fsp3) is 0.545. The summed E-state index contributed by atoms with van der Waals surface area (Å²) in [6, 6.07) is -3.18. The molecular formula is C11H13F5N2O5S. The zero-order valence-electron chi connectivity index (χ0n) is 11.8. The van der Waals surface area contributed by atoms with Gasteiger partial charge in [0, 0.05) is 12.2 Å². The van der Waals surface area contributed by atoms with Gasteiger partial charge in [0.15, 0.2) is 5.16 Å². The summed E-state index contributed by atoms with van der Waals surface area (Å²) >= 11 is -0.377. The molecule has 0 aromatic carbocycles. The highest BCUT2D eigenvalue weighted by Gasteiger charge is 2.38. The highest BCUT2D eigenvalue weighted by molar-refractivity contribution is 8.02. The number of carboxylic acid groups (broad SMARTS) is 2. The summed E-state index contributed by atoms with van der Waals surface area (Å²) in [5.41, 5.74) is 5.12. The van der Waals surface area contributed by atoms with Gasteiger partial charge in [-0.3, -0.25) is 9.59 Å². The Balaban J connectivity index is 4.65. The van der Waals surface area contributed by atoms with E-state index in [-0.39, 0.29) is 18.2 Å². The van der Waals surface area contributed by atoms with Gasteiger partial charge in [-0.15, -0.1) is 0 Å². The monoisotopic (exact) mass is 380 g/mol. The van der Waals surface area contributed by atoms with Crippen molar-refractivity contribution in [3.05, 3.63) is 11.0 Å². The van der Waals surface area contributed by atoms with E-state index in [1.54, 1.807) is 0 Å². The van der Waals surface area contributed by atoms with Crippen LogP contribution in [0, 0.1) is 0 Å². The Morgan fingerprint density at radius 2 is 1.67 bits per heavy atom. The molecular weight excluding hydrogens is 367 g/mol. The SMILES string of the molecule is N[C@@H](CCC(=O)N[C@@H](CS/C(F)=C(\F)C(F)(F)F)C(=O)O)C(=O)O. The van der Waals surface area contributed by atoms with Gasteiger partial charge in [0.25, 0.3) is 0 Å². The molecule has 13 heteroatoms. The number of thioether (sulfide) groups is 1. The maximum absolute atomic E-state index is 13.0. The van der Waals surface area contributed by atoms with Crippen molar-refractivity contribution in [1.29, 1.82) is 0 Å². The number of aliphatic carboxylic acids is 2. The Labute approximate surface area is 136 Å². The molecule has 7 nitrogen and oxygen atoms in total. The first-order chi connectivity index (χ1) is 10.9. The van der Waals surface area contributed by atoms with E-state index in [1.165, 1.54) is 0 Å². The highest BCUT2D eigenvalue weighted by atomic mass is 32.2. The lowest BCUT2D eigenvalue weighted by atomic mass is 10.1. The van der Waals surface area contributed by atoms with Crippen molar-refractivity contribution >= 4 is 29.6 Å². The van der Waals surface area contributed by atoms with Gasteiger partial charge in [-0.25, -0.2) is 4.79 Å². The quantitative estimate of drug-likeness (QED) is 0.442. The van der Waals surface area contributed by atoms with Crippen molar-refractivity contribution in [2.24, 2.45) is 5.73 Å². The van der Waals surface area contributed by atoms with E-state index in [0.29, 0.717) is 0 Å². The fourth-order valence-corrected chi connectivity index (χ4v) is 1.96. The maximum atomic E-state index is 13.0.